The van der Waals surface area contributed by atoms with E-state index < -0.39 is 0 Å². The third-order valence-electron chi connectivity index (χ3n) is 6.16. The molecule has 1 aliphatic heterocycles. The molecule has 5 rings (SSSR count). The van der Waals surface area contributed by atoms with Crippen molar-refractivity contribution in [2.45, 2.75) is 12.8 Å². The van der Waals surface area contributed by atoms with E-state index in [1.165, 1.54) is 25.9 Å². The second-order valence-corrected chi connectivity index (χ2v) is 8.94. The average molecular weight is 502 g/mol. The maximum Gasteiger partial charge on any atom is 0.232 e. The molecule has 184 valence electrons. The van der Waals surface area contributed by atoms with Crippen LogP contribution < -0.4 is 14.2 Å². The van der Waals surface area contributed by atoms with Crippen LogP contribution >= 0.6 is 11.6 Å². The standard InChI is InChI=1S/C29H28ClN3O3/c1-34-23-11-9-22(10-12-23)28-31-27(30)26(21-7-3-2-4-8-21)29(32-28)36-25-15-13-24(14-16-25)35-20-19-33-17-5-6-18-33/h2-4,7-16H,5-6,17-20H2,1H3. The number of nitrogens with zero attached hydrogens (tertiary/aromatic N) is 3. The summed E-state index contributed by atoms with van der Waals surface area (Å²) in [6.07, 6.45) is 2.56. The van der Waals surface area contributed by atoms with Gasteiger partial charge in [0.15, 0.2) is 5.82 Å². The Bertz CT molecular complexity index is 1280. The molecule has 0 bridgehead atoms. The van der Waals surface area contributed by atoms with Crippen molar-refractivity contribution in [3.63, 3.8) is 0 Å². The van der Waals surface area contributed by atoms with E-state index in [-0.39, 0.29) is 0 Å². The molecule has 0 amide bonds. The van der Waals surface area contributed by atoms with Crippen molar-refractivity contribution in [1.82, 2.24) is 14.9 Å². The van der Waals surface area contributed by atoms with Gasteiger partial charge in [0.2, 0.25) is 5.88 Å². The minimum Gasteiger partial charge on any atom is -0.497 e. The summed E-state index contributed by atoms with van der Waals surface area (Å²) < 4.78 is 17.5. The van der Waals surface area contributed by atoms with Gasteiger partial charge in [-0.25, -0.2) is 4.98 Å². The average Bonchev–Trinajstić information content (AvgIpc) is 3.44. The molecule has 0 spiro atoms. The first-order valence-electron chi connectivity index (χ1n) is 12.1. The van der Waals surface area contributed by atoms with Crippen molar-refractivity contribution in [2.75, 3.05) is 33.4 Å². The fourth-order valence-electron chi connectivity index (χ4n) is 4.22. The summed E-state index contributed by atoms with van der Waals surface area (Å²) in [7, 11) is 1.63. The maximum absolute atomic E-state index is 6.70. The highest BCUT2D eigenvalue weighted by molar-refractivity contribution is 6.32. The molecule has 7 heteroatoms. The maximum atomic E-state index is 6.70. The number of hydrogen-bond acceptors (Lipinski definition) is 6. The van der Waals surface area contributed by atoms with Crippen molar-refractivity contribution >= 4 is 11.6 Å². The van der Waals surface area contributed by atoms with Crippen LogP contribution in [-0.4, -0.2) is 48.2 Å². The monoisotopic (exact) mass is 501 g/mol. The molecular formula is C29H28ClN3O3. The van der Waals surface area contributed by atoms with Crippen LogP contribution in [0.2, 0.25) is 5.15 Å². The number of methoxy groups -OCH3 is 1. The lowest BCUT2D eigenvalue weighted by molar-refractivity contribution is 0.237. The quantitative estimate of drug-likeness (QED) is 0.237. The first-order chi connectivity index (χ1) is 17.7. The second kappa shape index (κ2) is 11.4. The fourth-order valence-corrected chi connectivity index (χ4v) is 4.49. The van der Waals surface area contributed by atoms with Crippen molar-refractivity contribution in [3.05, 3.63) is 84.0 Å². The van der Waals surface area contributed by atoms with Gasteiger partial charge in [0.1, 0.15) is 29.0 Å². The van der Waals surface area contributed by atoms with Gasteiger partial charge in [-0.1, -0.05) is 41.9 Å². The fraction of sp³-hybridized carbons (Fsp3) is 0.241. The zero-order valence-corrected chi connectivity index (χ0v) is 20.9. The number of aromatic nitrogens is 2. The van der Waals surface area contributed by atoms with Crippen molar-refractivity contribution in [1.29, 1.82) is 0 Å². The summed E-state index contributed by atoms with van der Waals surface area (Å²) in [5.41, 5.74) is 2.32. The molecule has 2 heterocycles. The minimum absolute atomic E-state index is 0.318. The minimum atomic E-state index is 0.318. The van der Waals surface area contributed by atoms with E-state index in [0.29, 0.717) is 34.8 Å². The summed E-state index contributed by atoms with van der Waals surface area (Å²) in [6, 6.07) is 24.9. The Balaban J connectivity index is 1.39. The smallest absolute Gasteiger partial charge is 0.232 e. The van der Waals surface area contributed by atoms with Gasteiger partial charge in [0.25, 0.3) is 0 Å². The molecule has 0 N–H and O–H groups in total. The van der Waals surface area contributed by atoms with Gasteiger partial charge < -0.3 is 14.2 Å². The largest absolute Gasteiger partial charge is 0.497 e. The molecule has 3 aromatic carbocycles. The van der Waals surface area contributed by atoms with E-state index in [9.17, 15) is 0 Å². The molecule has 0 atom stereocenters. The topological polar surface area (TPSA) is 56.7 Å². The summed E-state index contributed by atoms with van der Waals surface area (Å²) in [5.74, 6) is 3.05. The van der Waals surface area contributed by atoms with Crippen molar-refractivity contribution in [2.24, 2.45) is 0 Å². The van der Waals surface area contributed by atoms with Crippen LogP contribution in [0.25, 0.3) is 22.5 Å². The third kappa shape index (κ3) is 5.78. The Morgan fingerprint density at radius 1 is 0.778 bits per heavy atom. The molecule has 0 aliphatic carbocycles. The Morgan fingerprint density at radius 3 is 2.14 bits per heavy atom. The van der Waals surface area contributed by atoms with Gasteiger partial charge in [0, 0.05) is 12.1 Å². The molecule has 4 aromatic rings. The van der Waals surface area contributed by atoms with Crippen LogP contribution in [0.1, 0.15) is 12.8 Å². The molecule has 1 aromatic heterocycles. The van der Waals surface area contributed by atoms with E-state index in [4.69, 9.17) is 30.8 Å². The lowest BCUT2D eigenvalue weighted by Crippen LogP contribution is -2.25. The predicted molar refractivity (Wildman–Crippen MR) is 142 cm³/mol. The SMILES string of the molecule is COc1ccc(-c2nc(Cl)c(-c3ccccc3)c(Oc3ccc(OCCN4CCCC4)cc3)n2)cc1. The number of benzene rings is 3. The molecule has 0 radical (unpaired) electrons. The number of ether oxygens (including phenoxy) is 3. The van der Waals surface area contributed by atoms with E-state index in [1.54, 1.807) is 7.11 Å². The van der Waals surface area contributed by atoms with Crippen LogP contribution in [0.4, 0.5) is 0 Å². The van der Waals surface area contributed by atoms with Gasteiger partial charge in [-0.2, -0.15) is 4.98 Å². The van der Waals surface area contributed by atoms with E-state index >= 15 is 0 Å². The lowest BCUT2D eigenvalue weighted by atomic mass is 10.1. The van der Waals surface area contributed by atoms with E-state index in [2.05, 4.69) is 9.88 Å². The molecular weight excluding hydrogens is 474 g/mol. The Morgan fingerprint density at radius 2 is 1.44 bits per heavy atom. The second-order valence-electron chi connectivity index (χ2n) is 8.58. The van der Waals surface area contributed by atoms with E-state index in [1.807, 2.05) is 78.9 Å². The predicted octanol–water partition coefficient (Wildman–Crippen LogP) is 6.74. The Kier molecular flexibility index (Phi) is 7.64. The number of likely N-dealkylation sites (tertiary alicyclic amines) is 1. The van der Waals surface area contributed by atoms with Gasteiger partial charge in [-0.3, -0.25) is 4.90 Å². The molecule has 0 saturated carbocycles. The Labute approximate surface area is 216 Å². The van der Waals surface area contributed by atoms with Gasteiger partial charge >= 0.3 is 0 Å². The number of hydrogen-bond donors (Lipinski definition) is 0. The van der Waals surface area contributed by atoms with Gasteiger partial charge in [-0.15, -0.1) is 0 Å². The van der Waals surface area contributed by atoms with Crippen LogP contribution in [0.3, 0.4) is 0 Å². The summed E-state index contributed by atoms with van der Waals surface area (Å²) in [4.78, 5) is 11.8. The summed E-state index contributed by atoms with van der Waals surface area (Å²) in [5, 5.41) is 0.318. The number of rotatable bonds is 9. The zero-order valence-electron chi connectivity index (χ0n) is 20.2. The summed E-state index contributed by atoms with van der Waals surface area (Å²) >= 11 is 6.70. The molecule has 1 fully saturated rings. The number of halogens is 1. The first-order valence-corrected chi connectivity index (χ1v) is 12.5. The highest BCUT2D eigenvalue weighted by atomic mass is 35.5. The Hall–Kier alpha value is -3.61. The molecule has 36 heavy (non-hydrogen) atoms. The highest BCUT2D eigenvalue weighted by Gasteiger charge is 2.18. The van der Waals surface area contributed by atoms with Crippen LogP contribution in [-0.2, 0) is 0 Å². The lowest BCUT2D eigenvalue weighted by Gasteiger charge is -2.15. The van der Waals surface area contributed by atoms with Crippen LogP contribution in [0.15, 0.2) is 78.9 Å². The zero-order chi connectivity index (χ0) is 24.7. The molecule has 1 aliphatic rings. The molecule has 6 nitrogen and oxygen atoms in total. The highest BCUT2D eigenvalue weighted by Crippen LogP contribution is 2.38. The van der Waals surface area contributed by atoms with Crippen LogP contribution in [0.5, 0.6) is 23.1 Å². The molecule has 1 saturated heterocycles. The molecule has 0 unspecified atom stereocenters. The van der Waals surface area contributed by atoms with Crippen molar-refractivity contribution in [3.8, 4) is 45.6 Å². The van der Waals surface area contributed by atoms with Crippen molar-refractivity contribution < 1.29 is 14.2 Å². The normalized spacial score (nSPS) is 13.5. The van der Waals surface area contributed by atoms with Gasteiger partial charge in [0.05, 0.1) is 12.7 Å². The van der Waals surface area contributed by atoms with E-state index in [0.717, 1.165) is 29.2 Å². The third-order valence-corrected chi connectivity index (χ3v) is 6.43. The summed E-state index contributed by atoms with van der Waals surface area (Å²) in [6.45, 7) is 3.96. The first kappa shape index (κ1) is 24.1. The van der Waals surface area contributed by atoms with Gasteiger partial charge in [-0.05, 0) is 80.0 Å². The van der Waals surface area contributed by atoms with Crippen LogP contribution in [0, 0.1) is 0 Å².